The smallest absolute Gasteiger partial charge is 0.261 e. The van der Waals surface area contributed by atoms with Crippen LogP contribution in [0, 0.1) is 6.92 Å². The standard InChI is InChI=1S/C24H27N3O4/c1-17-8-9-20-21(13-17)24(30)27(23(20)29)11-3-7-22(28)26(16-19-6-4-12-31-19)15-18-5-2-10-25-14-18/h2,5,8-10,13-14,19H,3-4,6-7,11-12,15-16H2,1H3. The zero-order chi connectivity index (χ0) is 21.8. The van der Waals surface area contributed by atoms with Crippen LogP contribution in [0.25, 0.3) is 0 Å². The van der Waals surface area contributed by atoms with Crippen molar-refractivity contribution >= 4 is 17.7 Å². The van der Waals surface area contributed by atoms with E-state index in [9.17, 15) is 14.4 Å². The van der Waals surface area contributed by atoms with Gasteiger partial charge in [0, 0.05) is 45.1 Å². The Bertz CT molecular complexity index is 970. The van der Waals surface area contributed by atoms with Crippen molar-refractivity contribution in [3.8, 4) is 0 Å². The lowest BCUT2D eigenvalue weighted by Crippen LogP contribution is -2.37. The molecule has 0 N–H and O–H groups in total. The Morgan fingerprint density at radius 3 is 2.81 bits per heavy atom. The SMILES string of the molecule is Cc1ccc2c(c1)C(=O)N(CCCC(=O)N(Cc1cccnc1)CC1CCCO1)C2=O. The fourth-order valence-corrected chi connectivity index (χ4v) is 4.15. The first-order valence-corrected chi connectivity index (χ1v) is 10.8. The number of aromatic nitrogens is 1. The van der Waals surface area contributed by atoms with Crippen LogP contribution >= 0.6 is 0 Å². The topological polar surface area (TPSA) is 79.8 Å². The Hall–Kier alpha value is -3.06. The van der Waals surface area contributed by atoms with Gasteiger partial charge in [0.05, 0.1) is 17.2 Å². The van der Waals surface area contributed by atoms with Crippen molar-refractivity contribution in [3.05, 3.63) is 65.0 Å². The predicted molar refractivity (Wildman–Crippen MR) is 114 cm³/mol. The molecular weight excluding hydrogens is 394 g/mol. The van der Waals surface area contributed by atoms with E-state index >= 15 is 0 Å². The number of fused-ring (bicyclic) bond motifs is 1. The summed E-state index contributed by atoms with van der Waals surface area (Å²) in [4.78, 5) is 45.4. The molecule has 2 aliphatic heterocycles. The molecule has 1 saturated heterocycles. The van der Waals surface area contributed by atoms with Crippen molar-refractivity contribution in [2.24, 2.45) is 0 Å². The number of carbonyl (C=O) groups excluding carboxylic acids is 3. The highest BCUT2D eigenvalue weighted by atomic mass is 16.5. The summed E-state index contributed by atoms with van der Waals surface area (Å²) in [5.41, 5.74) is 2.80. The molecule has 1 aromatic heterocycles. The quantitative estimate of drug-likeness (QED) is 0.612. The number of nitrogens with zero attached hydrogens (tertiary/aromatic N) is 3. The molecule has 162 valence electrons. The first-order chi connectivity index (χ1) is 15.0. The van der Waals surface area contributed by atoms with Crippen LogP contribution < -0.4 is 0 Å². The van der Waals surface area contributed by atoms with Gasteiger partial charge in [0.2, 0.25) is 5.91 Å². The van der Waals surface area contributed by atoms with E-state index in [1.807, 2.05) is 25.1 Å². The molecule has 31 heavy (non-hydrogen) atoms. The number of carbonyl (C=O) groups is 3. The summed E-state index contributed by atoms with van der Waals surface area (Å²) < 4.78 is 5.72. The van der Waals surface area contributed by atoms with Crippen LogP contribution in [0.4, 0.5) is 0 Å². The molecule has 1 fully saturated rings. The Kier molecular flexibility index (Phi) is 6.42. The number of imide groups is 1. The van der Waals surface area contributed by atoms with Crippen molar-refractivity contribution in [3.63, 3.8) is 0 Å². The summed E-state index contributed by atoms with van der Waals surface area (Å²) in [7, 11) is 0. The lowest BCUT2D eigenvalue weighted by molar-refractivity contribution is -0.133. The maximum atomic E-state index is 13.0. The molecule has 7 nitrogen and oxygen atoms in total. The maximum absolute atomic E-state index is 13.0. The predicted octanol–water partition coefficient (Wildman–Crippen LogP) is 2.97. The van der Waals surface area contributed by atoms with E-state index in [4.69, 9.17) is 4.74 Å². The maximum Gasteiger partial charge on any atom is 0.261 e. The van der Waals surface area contributed by atoms with Crippen molar-refractivity contribution in [2.75, 3.05) is 19.7 Å². The van der Waals surface area contributed by atoms with Crippen molar-refractivity contribution in [2.45, 2.75) is 45.3 Å². The second-order valence-corrected chi connectivity index (χ2v) is 8.19. The van der Waals surface area contributed by atoms with E-state index in [2.05, 4.69) is 4.98 Å². The zero-order valence-electron chi connectivity index (χ0n) is 17.8. The highest BCUT2D eigenvalue weighted by molar-refractivity contribution is 6.21. The fraction of sp³-hybridized carbons (Fsp3) is 0.417. The highest BCUT2D eigenvalue weighted by Crippen LogP contribution is 2.24. The van der Waals surface area contributed by atoms with Gasteiger partial charge in [0.1, 0.15) is 0 Å². The molecule has 1 unspecified atom stereocenters. The average Bonchev–Trinajstić information content (AvgIpc) is 3.36. The van der Waals surface area contributed by atoms with E-state index in [1.165, 1.54) is 4.90 Å². The van der Waals surface area contributed by atoms with Crippen LogP contribution in [0.1, 0.15) is 57.5 Å². The molecule has 0 aliphatic carbocycles. The van der Waals surface area contributed by atoms with Gasteiger partial charge in [-0.25, -0.2) is 0 Å². The molecule has 0 spiro atoms. The van der Waals surface area contributed by atoms with Crippen LogP contribution in [0.2, 0.25) is 0 Å². The molecule has 0 bridgehead atoms. The minimum atomic E-state index is -0.279. The molecule has 1 atom stereocenters. The second-order valence-electron chi connectivity index (χ2n) is 8.19. The Balaban J connectivity index is 1.36. The molecule has 7 heteroatoms. The number of benzene rings is 1. The van der Waals surface area contributed by atoms with Crippen molar-refractivity contribution in [1.29, 1.82) is 0 Å². The fourth-order valence-electron chi connectivity index (χ4n) is 4.15. The summed E-state index contributed by atoms with van der Waals surface area (Å²) in [6.07, 6.45) is 6.18. The molecule has 2 aliphatic rings. The summed E-state index contributed by atoms with van der Waals surface area (Å²) in [6, 6.07) is 9.08. The third-order valence-electron chi connectivity index (χ3n) is 5.80. The average molecular weight is 421 g/mol. The summed E-state index contributed by atoms with van der Waals surface area (Å²) in [5.74, 6) is -0.562. The monoisotopic (exact) mass is 421 g/mol. The second kappa shape index (κ2) is 9.39. The third-order valence-corrected chi connectivity index (χ3v) is 5.80. The molecule has 4 rings (SSSR count). The number of aryl methyl sites for hydroxylation is 1. The van der Waals surface area contributed by atoms with Crippen LogP contribution in [0.15, 0.2) is 42.7 Å². The number of rotatable bonds is 8. The Morgan fingerprint density at radius 2 is 2.06 bits per heavy atom. The lowest BCUT2D eigenvalue weighted by Gasteiger charge is -2.26. The van der Waals surface area contributed by atoms with Gasteiger partial charge in [-0.15, -0.1) is 0 Å². The van der Waals surface area contributed by atoms with E-state index in [0.717, 1.165) is 30.6 Å². The molecule has 2 aromatic rings. The number of hydrogen-bond acceptors (Lipinski definition) is 5. The molecule has 0 radical (unpaired) electrons. The van der Waals surface area contributed by atoms with E-state index in [-0.39, 0.29) is 36.8 Å². The third kappa shape index (κ3) is 4.82. The van der Waals surface area contributed by atoms with Crippen LogP contribution in [-0.4, -0.2) is 58.3 Å². The van der Waals surface area contributed by atoms with E-state index in [1.54, 1.807) is 29.4 Å². The Labute approximate surface area is 182 Å². The summed E-state index contributed by atoms with van der Waals surface area (Å²) >= 11 is 0. The normalized spacial score (nSPS) is 17.8. The largest absolute Gasteiger partial charge is 0.376 e. The minimum absolute atomic E-state index is 0.00759. The van der Waals surface area contributed by atoms with Gasteiger partial charge in [-0.1, -0.05) is 17.7 Å². The van der Waals surface area contributed by atoms with Crippen molar-refractivity contribution < 1.29 is 19.1 Å². The zero-order valence-corrected chi connectivity index (χ0v) is 17.8. The minimum Gasteiger partial charge on any atom is -0.376 e. The van der Waals surface area contributed by atoms with Crippen LogP contribution in [-0.2, 0) is 16.1 Å². The van der Waals surface area contributed by atoms with Crippen molar-refractivity contribution in [1.82, 2.24) is 14.8 Å². The van der Waals surface area contributed by atoms with Gasteiger partial charge in [-0.05, 0) is 49.9 Å². The molecular formula is C24H27N3O4. The van der Waals surface area contributed by atoms with Gasteiger partial charge >= 0.3 is 0 Å². The van der Waals surface area contributed by atoms with Gasteiger partial charge in [-0.2, -0.15) is 0 Å². The number of hydrogen-bond donors (Lipinski definition) is 0. The molecule has 1 aromatic carbocycles. The summed E-state index contributed by atoms with van der Waals surface area (Å²) in [6.45, 7) is 3.87. The lowest BCUT2D eigenvalue weighted by atomic mass is 10.1. The van der Waals surface area contributed by atoms with Gasteiger partial charge in [0.15, 0.2) is 0 Å². The van der Waals surface area contributed by atoms with Gasteiger partial charge in [0.25, 0.3) is 11.8 Å². The molecule has 3 heterocycles. The number of amides is 3. The van der Waals surface area contributed by atoms with E-state index in [0.29, 0.717) is 30.6 Å². The number of pyridine rings is 1. The molecule has 0 saturated carbocycles. The highest BCUT2D eigenvalue weighted by Gasteiger charge is 2.35. The van der Waals surface area contributed by atoms with Crippen LogP contribution in [0.3, 0.4) is 0 Å². The number of ether oxygens (including phenoxy) is 1. The van der Waals surface area contributed by atoms with E-state index < -0.39 is 0 Å². The first-order valence-electron chi connectivity index (χ1n) is 10.8. The van der Waals surface area contributed by atoms with Gasteiger partial charge in [-0.3, -0.25) is 24.3 Å². The van der Waals surface area contributed by atoms with Gasteiger partial charge < -0.3 is 9.64 Å². The Morgan fingerprint density at radius 1 is 1.23 bits per heavy atom. The van der Waals surface area contributed by atoms with Crippen LogP contribution in [0.5, 0.6) is 0 Å². The molecule has 3 amide bonds. The first kappa shape index (κ1) is 21.2. The summed E-state index contributed by atoms with van der Waals surface area (Å²) in [5, 5.41) is 0.